The van der Waals surface area contributed by atoms with Gasteiger partial charge in [0.05, 0.1) is 5.52 Å². The topological polar surface area (TPSA) is 20.7 Å². The van der Waals surface area contributed by atoms with E-state index in [1.54, 1.807) is 4.57 Å². The van der Waals surface area contributed by atoms with E-state index >= 15 is 0 Å². The molecule has 0 fully saturated rings. The molecule has 0 aliphatic rings. The zero-order chi connectivity index (χ0) is 9.42. The van der Waals surface area contributed by atoms with E-state index in [-0.39, 0.29) is 0 Å². The quantitative estimate of drug-likeness (QED) is 0.672. The number of para-hydroxylation sites is 1. The molecule has 2 rings (SSSR count). The first kappa shape index (κ1) is 8.59. The van der Waals surface area contributed by atoms with Crippen molar-refractivity contribution in [1.82, 2.24) is 9.55 Å². The molecule has 2 aromatic rings. The molecule has 0 saturated carbocycles. The van der Waals surface area contributed by atoms with Crippen molar-refractivity contribution >= 4 is 35.3 Å². The second kappa shape index (κ2) is 3.05. The summed E-state index contributed by atoms with van der Waals surface area (Å²) in [7, 11) is 1.87. The number of nitrogens with zero attached hydrogens (tertiary/aromatic N) is 1. The van der Waals surface area contributed by atoms with Gasteiger partial charge in [-0.3, -0.25) is 0 Å². The molecule has 0 saturated heterocycles. The number of rotatable bonds is 0. The van der Waals surface area contributed by atoms with Gasteiger partial charge in [0.2, 0.25) is 0 Å². The summed E-state index contributed by atoms with van der Waals surface area (Å²) in [6.45, 7) is 0. The number of benzene rings is 1. The van der Waals surface area contributed by atoms with Gasteiger partial charge < -0.3 is 9.55 Å². The van der Waals surface area contributed by atoms with Crippen molar-refractivity contribution in [3.63, 3.8) is 0 Å². The average molecular weight is 208 g/mol. The summed E-state index contributed by atoms with van der Waals surface area (Å²) in [5.41, 5.74) is 0.996. The molecule has 66 valence electrons. The minimum Gasteiger partial charge on any atom is -0.332 e. The first-order valence-corrected chi connectivity index (χ1v) is 4.70. The molecule has 2 nitrogen and oxygen atoms in total. The molecule has 13 heavy (non-hydrogen) atoms. The Morgan fingerprint density at radius 1 is 1.23 bits per heavy atom. The van der Waals surface area contributed by atoms with Crippen LogP contribution in [0.2, 0.25) is 0 Å². The Kier molecular flexibility index (Phi) is 2.01. The van der Waals surface area contributed by atoms with E-state index in [1.807, 2.05) is 31.3 Å². The fourth-order valence-corrected chi connectivity index (χ4v) is 1.78. The van der Waals surface area contributed by atoms with E-state index in [9.17, 15) is 0 Å². The summed E-state index contributed by atoms with van der Waals surface area (Å²) in [4.78, 5) is 3.11. The molecule has 0 radical (unpaired) electrons. The second-order valence-corrected chi connectivity index (χ2v) is 3.61. The van der Waals surface area contributed by atoms with E-state index in [0.29, 0.717) is 4.77 Å². The van der Waals surface area contributed by atoms with Crippen LogP contribution in [0.15, 0.2) is 24.3 Å². The molecule has 0 aliphatic carbocycles. The summed E-state index contributed by atoms with van der Waals surface area (Å²) < 4.78 is 3.23. The van der Waals surface area contributed by atoms with E-state index in [1.165, 1.54) is 0 Å². The van der Waals surface area contributed by atoms with Gasteiger partial charge in [-0.15, -0.1) is 0 Å². The number of H-pyrrole nitrogens is 1. The summed E-state index contributed by atoms with van der Waals surface area (Å²) >= 11 is 10.4. The van der Waals surface area contributed by atoms with Crippen LogP contribution in [0.4, 0.5) is 0 Å². The van der Waals surface area contributed by atoms with Crippen molar-refractivity contribution in [1.29, 1.82) is 0 Å². The Hall–Kier alpha value is -1.00. The smallest absolute Gasteiger partial charge is 0.178 e. The summed E-state index contributed by atoms with van der Waals surface area (Å²) in [6, 6.07) is 7.89. The van der Waals surface area contributed by atoms with Crippen LogP contribution in [0.25, 0.3) is 10.9 Å². The molecule has 4 heteroatoms. The van der Waals surface area contributed by atoms with Crippen molar-refractivity contribution in [2.24, 2.45) is 7.05 Å². The van der Waals surface area contributed by atoms with Crippen LogP contribution in [0.3, 0.4) is 0 Å². The first-order chi connectivity index (χ1) is 6.20. The summed E-state index contributed by atoms with van der Waals surface area (Å²) in [5.74, 6) is 0. The predicted molar refractivity (Wildman–Crippen MR) is 58.9 cm³/mol. The molecule has 0 aliphatic heterocycles. The molecular weight excluding hydrogens is 200 g/mol. The number of hydrogen-bond donors (Lipinski definition) is 1. The Labute approximate surface area is 85.8 Å². The van der Waals surface area contributed by atoms with Gasteiger partial charge in [0.1, 0.15) is 4.64 Å². The molecular formula is C9H8N2S2. The lowest BCUT2D eigenvalue weighted by atomic mass is 10.2. The van der Waals surface area contributed by atoms with Gasteiger partial charge in [-0.2, -0.15) is 0 Å². The molecule has 1 aromatic carbocycles. The number of aromatic amines is 1. The van der Waals surface area contributed by atoms with Crippen LogP contribution in [-0.4, -0.2) is 9.55 Å². The van der Waals surface area contributed by atoms with Gasteiger partial charge in [0.25, 0.3) is 0 Å². The van der Waals surface area contributed by atoms with Gasteiger partial charge >= 0.3 is 0 Å². The van der Waals surface area contributed by atoms with Gasteiger partial charge in [-0.05, 0) is 24.4 Å². The lowest BCUT2D eigenvalue weighted by Crippen LogP contribution is -1.97. The van der Waals surface area contributed by atoms with E-state index in [4.69, 9.17) is 24.4 Å². The third-order valence-corrected chi connectivity index (χ3v) is 2.88. The lowest BCUT2D eigenvalue weighted by molar-refractivity contribution is 0.847. The molecule has 0 atom stereocenters. The van der Waals surface area contributed by atoms with Crippen LogP contribution in [-0.2, 0) is 7.05 Å². The first-order valence-electron chi connectivity index (χ1n) is 3.88. The average Bonchev–Trinajstić information content (AvgIpc) is 2.15. The van der Waals surface area contributed by atoms with Crippen LogP contribution >= 0.6 is 24.4 Å². The Bertz CT molecular complexity index is 566. The Morgan fingerprint density at radius 2 is 1.92 bits per heavy atom. The third-order valence-electron chi connectivity index (χ3n) is 2.01. The second-order valence-electron chi connectivity index (χ2n) is 2.84. The Morgan fingerprint density at radius 3 is 2.69 bits per heavy atom. The van der Waals surface area contributed by atoms with Crippen LogP contribution in [0.5, 0.6) is 0 Å². The minimum absolute atomic E-state index is 0.656. The molecule has 0 amide bonds. The van der Waals surface area contributed by atoms with Gasteiger partial charge in [0.15, 0.2) is 4.77 Å². The normalized spacial score (nSPS) is 10.5. The SMILES string of the molecule is Cn1c(=S)[nH]c2ccccc2c1=S. The van der Waals surface area contributed by atoms with Crippen molar-refractivity contribution in [3.8, 4) is 0 Å². The van der Waals surface area contributed by atoms with Crippen molar-refractivity contribution in [2.45, 2.75) is 0 Å². The number of aromatic nitrogens is 2. The minimum atomic E-state index is 0.656. The van der Waals surface area contributed by atoms with E-state index in [2.05, 4.69) is 4.98 Å². The van der Waals surface area contributed by atoms with E-state index < -0.39 is 0 Å². The number of fused-ring (bicyclic) bond motifs is 1. The molecule has 1 aromatic heterocycles. The predicted octanol–water partition coefficient (Wildman–Crippen LogP) is 2.97. The maximum atomic E-state index is 5.26. The fourth-order valence-electron chi connectivity index (χ4n) is 1.25. The summed E-state index contributed by atoms with van der Waals surface area (Å²) in [5, 5.41) is 1.04. The van der Waals surface area contributed by atoms with E-state index in [0.717, 1.165) is 15.5 Å². The number of nitrogens with one attached hydrogen (secondary N) is 1. The fraction of sp³-hybridized carbons (Fsp3) is 0.111. The maximum Gasteiger partial charge on any atom is 0.178 e. The zero-order valence-corrected chi connectivity index (χ0v) is 8.71. The highest BCUT2D eigenvalue weighted by Crippen LogP contribution is 2.11. The lowest BCUT2D eigenvalue weighted by Gasteiger charge is -2.02. The highest BCUT2D eigenvalue weighted by atomic mass is 32.1. The standard InChI is InChI=1S/C9H8N2S2/c1-11-8(12)6-4-2-3-5-7(6)10-9(11)13/h2-5H,1H3,(H,10,13). The number of hydrogen-bond acceptors (Lipinski definition) is 2. The highest BCUT2D eigenvalue weighted by molar-refractivity contribution is 7.72. The van der Waals surface area contributed by atoms with Gasteiger partial charge in [-0.25, -0.2) is 0 Å². The van der Waals surface area contributed by atoms with Gasteiger partial charge in [-0.1, -0.05) is 24.4 Å². The van der Waals surface area contributed by atoms with Crippen LogP contribution < -0.4 is 0 Å². The molecule has 1 N–H and O–H groups in total. The molecule has 0 bridgehead atoms. The zero-order valence-electron chi connectivity index (χ0n) is 7.07. The van der Waals surface area contributed by atoms with Crippen molar-refractivity contribution in [2.75, 3.05) is 0 Å². The van der Waals surface area contributed by atoms with Crippen molar-refractivity contribution in [3.05, 3.63) is 33.7 Å². The Balaban J connectivity index is 3.12. The van der Waals surface area contributed by atoms with Crippen molar-refractivity contribution < 1.29 is 0 Å². The van der Waals surface area contributed by atoms with Crippen LogP contribution in [0, 0.1) is 9.41 Å². The third kappa shape index (κ3) is 1.32. The van der Waals surface area contributed by atoms with Gasteiger partial charge in [0, 0.05) is 12.4 Å². The molecule has 1 heterocycles. The molecule has 0 spiro atoms. The van der Waals surface area contributed by atoms with Crippen LogP contribution in [0.1, 0.15) is 0 Å². The monoisotopic (exact) mass is 208 g/mol. The largest absolute Gasteiger partial charge is 0.332 e. The maximum absolute atomic E-state index is 5.26. The molecule has 0 unspecified atom stereocenters. The summed E-state index contributed by atoms with van der Waals surface area (Å²) in [6.07, 6.45) is 0. The highest BCUT2D eigenvalue weighted by Gasteiger charge is 1.96.